The molecule has 0 saturated carbocycles. The van der Waals surface area contributed by atoms with E-state index in [0.29, 0.717) is 12.4 Å². The first kappa shape index (κ1) is 11.6. The summed E-state index contributed by atoms with van der Waals surface area (Å²) in [6.45, 7) is 4.03. The molecular weight excluding hydrogens is 194 g/mol. The number of ether oxygens (including phenoxy) is 1. The summed E-state index contributed by atoms with van der Waals surface area (Å²) in [6, 6.07) is 0. The van der Waals surface area contributed by atoms with Gasteiger partial charge in [0.2, 0.25) is 5.91 Å². The molecule has 15 heavy (non-hydrogen) atoms. The predicted molar refractivity (Wildman–Crippen MR) is 56.4 cm³/mol. The maximum Gasteiger partial charge on any atom is 0.230 e. The SMILES string of the molecule is COC[C@H](C)C(=O)Nc1cnc(C)cn1. The van der Waals surface area contributed by atoms with E-state index < -0.39 is 0 Å². The molecule has 0 radical (unpaired) electrons. The van der Waals surface area contributed by atoms with E-state index in [0.717, 1.165) is 5.69 Å². The number of methoxy groups -OCH3 is 1. The maximum atomic E-state index is 11.5. The molecule has 0 unspecified atom stereocenters. The fraction of sp³-hybridized carbons (Fsp3) is 0.500. The van der Waals surface area contributed by atoms with Gasteiger partial charge in [0.1, 0.15) is 0 Å². The number of rotatable bonds is 4. The Kier molecular flexibility index (Phi) is 4.17. The molecule has 5 heteroatoms. The van der Waals surface area contributed by atoms with E-state index in [2.05, 4.69) is 15.3 Å². The van der Waals surface area contributed by atoms with Crippen LogP contribution in [-0.2, 0) is 9.53 Å². The quantitative estimate of drug-likeness (QED) is 0.803. The van der Waals surface area contributed by atoms with E-state index in [1.807, 2.05) is 6.92 Å². The lowest BCUT2D eigenvalue weighted by Crippen LogP contribution is -2.24. The van der Waals surface area contributed by atoms with Crippen molar-refractivity contribution in [2.24, 2.45) is 5.92 Å². The van der Waals surface area contributed by atoms with Crippen LogP contribution in [0, 0.1) is 12.8 Å². The summed E-state index contributed by atoms with van der Waals surface area (Å²) < 4.78 is 4.88. The van der Waals surface area contributed by atoms with Crippen molar-refractivity contribution in [2.75, 3.05) is 19.0 Å². The lowest BCUT2D eigenvalue weighted by molar-refractivity contribution is -0.120. The number of hydrogen-bond acceptors (Lipinski definition) is 4. The molecule has 82 valence electrons. The van der Waals surface area contributed by atoms with Crippen molar-refractivity contribution in [3.63, 3.8) is 0 Å². The second-order valence-electron chi connectivity index (χ2n) is 3.39. The van der Waals surface area contributed by atoms with Crippen LogP contribution in [0.2, 0.25) is 0 Å². The van der Waals surface area contributed by atoms with Crippen molar-refractivity contribution in [1.29, 1.82) is 0 Å². The van der Waals surface area contributed by atoms with Gasteiger partial charge in [-0.2, -0.15) is 0 Å². The number of aryl methyl sites for hydroxylation is 1. The molecule has 1 aromatic heterocycles. The van der Waals surface area contributed by atoms with Crippen molar-refractivity contribution in [1.82, 2.24) is 9.97 Å². The highest BCUT2D eigenvalue weighted by Crippen LogP contribution is 2.04. The van der Waals surface area contributed by atoms with E-state index in [4.69, 9.17) is 4.74 Å². The molecule has 1 N–H and O–H groups in total. The highest BCUT2D eigenvalue weighted by Gasteiger charge is 2.12. The Labute approximate surface area is 88.9 Å². The molecule has 0 bridgehead atoms. The van der Waals surface area contributed by atoms with Gasteiger partial charge in [0.15, 0.2) is 5.82 Å². The van der Waals surface area contributed by atoms with E-state index in [9.17, 15) is 4.79 Å². The number of nitrogens with zero attached hydrogens (tertiary/aromatic N) is 2. The van der Waals surface area contributed by atoms with Gasteiger partial charge in [0.05, 0.1) is 30.6 Å². The summed E-state index contributed by atoms with van der Waals surface area (Å²) in [5.74, 6) is 0.154. The summed E-state index contributed by atoms with van der Waals surface area (Å²) in [6.07, 6.45) is 3.14. The number of amides is 1. The molecule has 0 fully saturated rings. The smallest absolute Gasteiger partial charge is 0.230 e. The number of carbonyl (C=O) groups excluding carboxylic acids is 1. The molecule has 1 atom stereocenters. The third-order valence-electron chi connectivity index (χ3n) is 1.90. The van der Waals surface area contributed by atoms with Gasteiger partial charge in [-0.1, -0.05) is 6.92 Å². The largest absolute Gasteiger partial charge is 0.384 e. The number of hydrogen-bond donors (Lipinski definition) is 1. The molecule has 1 rings (SSSR count). The summed E-state index contributed by atoms with van der Waals surface area (Å²) in [7, 11) is 1.56. The molecule has 0 aromatic carbocycles. The van der Waals surface area contributed by atoms with Crippen LogP contribution in [0.4, 0.5) is 5.82 Å². The molecule has 0 saturated heterocycles. The molecule has 0 aliphatic heterocycles. The average Bonchev–Trinajstić information content (AvgIpc) is 2.22. The van der Waals surface area contributed by atoms with Gasteiger partial charge in [-0.05, 0) is 6.92 Å². The van der Waals surface area contributed by atoms with Gasteiger partial charge in [-0.25, -0.2) is 4.98 Å². The normalized spacial score (nSPS) is 12.2. The first-order valence-corrected chi connectivity index (χ1v) is 4.72. The Morgan fingerprint density at radius 3 is 2.80 bits per heavy atom. The second-order valence-corrected chi connectivity index (χ2v) is 3.39. The number of carbonyl (C=O) groups is 1. The van der Waals surface area contributed by atoms with Crippen molar-refractivity contribution in [2.45, 2.75) is 13.8 Å². The topological polar surface area (TPSA) is 64.1 Å². The van der Waals surface area contributed by atoms with Crippen LogP contribution in [-0.4, -0.2) is 29.6 Å². The van der Waals surface area contributed by atoms with Crippen LogP contribution in [0.3, 0.4) is 0 Å². The van der Waals surface area contributed by atoms with Gasteiger partial charge < -0.3 is 10.1 Å². The Bertz CT molecular complexity index is 324. The molecule has 0 aliphatic rings. The van der Waals surface area contributed by atoms with Crippen LogP contribution >= 0.6 is 0 Å². The fourth-order valence-electron chi connectivity index (χ4n) is 1.03. The number of nitrogens with one attached hydrogen (secondary N) is 1. The van der Waals surface area contributed by atoms with Crippen LogP contribution in [0.1, 0.15) is 12.6 Å². The highest BCUT2D eigenvalue weighted by atomic mass is 16.5. The van der Waals surface area contributed by atoms with Crippen LogP contribution in [0.5, 0.6) is 0 Å². The highest BCUT2D eigenvalue weighted by molar-refractivity contribution is 5.91. The Morgan fingerprint density at radius 2 is 2.27 bits per heavy atom. The van der Waals surface area contributed by atoms with Crippen molar-refractivity contribution in [3.8, 4) is 0 Å². The Morgan fingerprint density at radius 1 is 1.53 bits per heavy atom. The van der Waals surface area contributed by atoms with Crippen LogP contribution in [0.15, 0.2) is 12.4 Å². The Hall–Kier alpha value is -1.49. The average molecular weight is 209 g/mol. The standard InChI is InChI=1S/C10H15N3O2/c1-7(6-15-3)10(14)13-9-5-11-8(2)4-12-9/h4-5,7H,6H2,1-3H3,(H,12,13,14)/t7-/m0/s1. The first-order valence-electron chi connectivity index (χ1n) is 4.72. The van der Waals surface area contributed by atoms with E-state index in [1.54, 1.807) is 20.2 Å². The van der Waals surface area contributed by atoms with Gasteiger partial charge in [-0.15, -0.1) is 0 Å². The summed E-state index contributed by atoms with van der Waals surface area (Å²) >= 11 is 0. The summed E-state index contributed by atoms with van der Waals surface area (Å²) in [4.78, 5) is 19.6. The summed E-state index contributed by atoms with van der Waals surface area (Å²) in [5.41, 5.74) is 0.818. The van der Waals surface area contributed by atoms with E-state index in [1.165, 1.54) is 6.20 Å². The minimum absolute atomic E-state index is 0.116. The van der Waals surface area contributed by atoms with Crippen molar-refractivity contribution in [3.05, 3.63) is 18.1 Å². The minimum Gasteiger partial charge on any atom is -0.384 e. The zero-order valence-corrected chi connectivity index (χ0v) is 9.15. The van der Waals surface area contributed by atoms with E-state index >= 15 is 0 Å². The first-order chi connectivity index (χ1) is 7.13. The van der Waals surface area contributed by atoms with Crippen LogP contribution < -0.4 is 5.32 Å². The zero-order chi connectivity index (χ0) is 11.3. The molecule has 0 spiro atoms. The van der Waals surface area contributed by atoms with Gasteiger partial charge >= 0.3 is 0 Å². The fourth-order valence-corrected chi connectivity index (χ4v) is 1.03. The maximum absolute atomic E-state index is 11.5. The molecule has 1 aromatic rings. The predicted octanol–water partition coefficient (Wildman–Crippen LogP) is 1.01. The minimum atomic E-state index is -0.196. The van der Waals surface area contributed by atoms with E-state index in [-0.39, 0.29) is 11.8 Å². The number of aromatic nitrogens is 2. The third-order valence-corrected chi connectivity index (χ3v) is 1.90. The third kappa shape index (κ3) is 3.63. The van der Waals surface area contributed by atoms with Gasteiger partial charge in [0, 0.05) is 7.11 Å². The monoisotopic (exact) mass is 209 g/mol. The lowest BCUT2D eigenvalue weighted by atomic mass is 10.2. The molecule has 1 heterocycles. The van der Waals surface area contributed by atoms with Crippen molar-refractivity contribution >= 4 is 11.7 Å². The van der Waals surface area contributed by atoms with Crippen molar-refractivity contribution < 1.29 is 9.53 Å². The number of anilines is 1. The molecular formula is C10H15N3O2. The van der Waals surface area contributed by atoms with Crippen LogP contribution in [0.25, 0.3) is 0 Å². The molecule has 1 amide bonds. The summed E-state index contributed by atoms with van der Waals surface area (Å²) in [5, 5.41) is 2.66. The zero-order valence-electron chi connectivity index (χ0n) is 9.15. The molecule has 0 aliphatic carbocycles. The second kappa shape index (κ2) is 5.41. The Balaban J connectivity index is 2.54. The lowest BCUT2D eigenvalue weighted by Gasteiger charge is -2.09. The molecule has 5 nitrogen and oxygen atoms in total. The van der Waals surface area contributed by atoms with Gasteiger partial charge in [-0.3, -0.25) is 9.78 Å². The van der Waals surface area contributed by atoms with Gasteiger partial charge in [0.25, 0.3) is 0 Å².